The summed E-state index contributed by atoms with van der Waals surface area (Å²) in [6.45, 7) is 2.48. The van der Waals surface area contributed by atoms with Crippen molar-refractivity contribution in [2.24, 2.45) is 11.5 Å². The molecule has 2 unspecified atom stereocenters. The fourth-order valence-corrected chi connectivity index (χ4v) is 0.765. The largest absolute Gasteiger partial charge is 0.361 e. The van der Waals surface area contributed by atoms with Crippen molar-refractivity contribution >= 4 is 5.97 Å². The first-order chi connectivity index (χ1) is 6.99. The summed E-state index contributed by atoms with van der Waals surface area (Å²) in [4.78, 5) is 28.0. The summed E-state index contributed by atoms with van der Waals surface area (Å²) in [7, 11) is 0. The van der Waals surface area contributed by atoms with Gasteiger partial charge in [0.05, 0.1) is 0 Å². The third kappa shape index (κ3) is 5.78. The third-order valence-electron chi connectivity index (χ3n) is 1.60. The van der Waals surface area contributed by atoms with Crippen molar-refractivity contribution < 1.29 is 19.8 Å². The number of nitrogens with one attached hydrogen (secondary N) is 1. The lowest BCUT2D eigenvalue weighted by Crippen LogP contribution is -2.49. The van der Waals surface area contributed by atoms with E-state index in [0.29, 0.717) is 13.1 Å². The lowest BCUT2D eigenvalue weighted by atomic mass is 10.1. The zero-order chi connectivity index (χ0) is 11.8. The van der Waals surface area contributed by atoms with Gasteiger partial charge in [0, 0.05) is 19.1 Å². The Hall–Kier alpha value is -1.45. The number of hydrogen-bond acceptors (Lipinski definition) is 8. The molecule has 0 aromatic carbocycles. The van der Waals surface area contributed by atoms with Crippen LogP contribution in [-0.2, 0) is 14.7 Å². The van der Waals surface area contributed by atoms with Crippen LogP contribution < -0.4 is 16.8 Å². The molecule has 88 valence electrons. The number of carbonyl (C=O) groups excluding carboxylic acids is 1. The molecule has 0 rings (SSSR count). The maximum Gasteiger partial charge on any atom is 0.361 e. The molecule has 0 aromatic heterocycles. The third-order valence-corrected chi connectivity index (χ3v) is 1.60. The van der Waals surface area contributed by atoms with Gasteiger partial charge in [-0.15, -0.1) is 10.1 Å². The average molecular weight is 222 g/mol. The minimum absolute atomic E-state index is 0.386. The molecule has 2 atom stereocenters. The Labute approximate surface area is 85.7 Å². The van der Waals surface area contributed by atoms with E-state index in [0.717, 1.165) is 0 Å². The highest BCUT2D eigenvalue weighted by atomic mass is 17.3. The monoisotopic (exact) mass is 222 g/mol. The van der Waals surface area contributed by atoms with Gasteiger partial charge in [0.1, 0.15) is 6.04 Å². The van der Waals surface area contributed by atoms with E-state index >= 15 is 0 Å². The molecule has 0 fully saturated rings. The maximum absolute atomic E-state index is 11.0. The molecule has 0 heterocycles. The van der Waals surface area contributed by atoms with Gasteiger partial charge in [-0.25, -0.2) is 4.79 Å². The van der Waals surface area contributed by atoms with Crippen LogP contribution in [0.1, 0.15) is 6.92 Å². The number of hydrogen-bond donors (Lipinski definition) is 3. The van der Waals surface area contributed by atoms with Crippen molar-refractivity contribution in [2.75, 3.05) is 13.1 Å². The van der Waals surface area contributed by atoms with Gasteiger partial charge < -0.3 is 16.8 Å². The highest BCUT2D eigenvalue weighted by molar-refractivity contribution is 5.75. The number of nitrogens with two attached hydrogens (primary N) is 2. The van der Waals surface area contributed by atoms with E-state index in [1.165, 1.54) is 0 Å². The van der Waals surface area contributed by atoms with E-state index in [-0.39, 0.29) is 0 Å². The van der Waals surface area contributed by atoms with Gasteiger partial charge in [0.25, 0.3) is 0 Å². The van der Waals surface area contributed by atoms with Crippen molar-refractivity contribution in [1.29, 1.82) is 0 Å². The standard InChI is InChI=1S/C6H14N4O5/c1-4(9-3-2-7)5(8)6(11)14-15-10(12)13/h4-5,9H,2-3,7-8H2,1H3. The predicted molar refractivity (Wildman–Crippen MR) is 48.7 cm³/mol. The first-order valence-electron chi connectivity index (χ1n) is 4.21. The van der Waals surface area contributed by atoms with Gasteiger partial charge in [-0.1, -0.05) is 4.99 Å². The van der Waals surface area contributed by atoms with Gasteiger partial charge >= 0.3 is 11.1 Å². The van der Waals surface area contributed by atoms with Crippen molar-refractivity contribution in [2.45, 2.75) is 19.0 Å². The van der Waals surface area contributed by atoms with Crippen LogP contribution in [0, 0.1) is 10.1 Å². The van der Waals surface area contributed by atoms with Crippen LogP contribution in [0.5, 0.6) is 0 Å². The molecule has 0 saturated heterocycles. The summed E-state index contributed by atoms with van der Waals surface area (Å²) in [5.74, 6) is -1.02. The molecule has 0 saturated carbocycles. The second kappa shape index (κ2) is 6.92. The molecular weight excluding hydrogens is 208 g/mol. The number of carbonyl (C=O) groups is 1. The summed E-state index contributed by atoms with van der Waals surface area (Å²) < 4.78 is 0. The highest BCUT2D eigenvalue weighted by Gasteiger charge is 2.23. The van der Waals surface area contributed by atoms with Crippen molar-refractivity contribution in [3.05, 3.63) is 10.1 Å². The zero-order valence-electron chi connectivity index (χ0n) is 8.21. The minimum Gasteiger partial charge on any atom is -0.329 e. The van der Waals surface area contributed by atoms with Crippen molar-refractivity contribution in [1.82, 2.24) is 5.32 Å². The number of rotatable bonds is 7. The van der Waals surface area contributed by atoms with E-state index in [1.54, 1.807) is 6.92 Å². The van der Waals surface area contributed by atoms with E-state index in [1.807, 2.05) is 0 Å². The van der Waals surface area contributed by atoms with Gasteiger partial charge in [-0.2, -0.15) is 0 Å². The zero-order valence-corrected chi connectivity index (χ0v) is 8.21. The molecule has 0 aromatic rings. The minimum atomic E-state index is -1.25. The van der Waals surface area contributed by atoms with Crippen molar-refractivity contribution in [3.8, 4) is 0 Å². The summed E-state index contributed by atoms with van der Waals surface area (Å²) >= 11 is 0. The molecule has 9 heteroatoms. The fraction of sp³-hybridized carbons (Fsp3) is 0.833. The summed E-state index contributed by atoms with van der Waals surface area (Å²) in [6, 6.07) is -1.48. The molecular formula is C6H14N4O5. The highest BCUT2D eigenvalue weighted by Crippen LogP contribution is 1.94. The molecule has 0 spiro atoms. The quantitative estimate of drug-likeness (QED) is 0.253. The smallest absolute Gasteiger partial charge is 0.329 e. The molecule has 0 aliphatic rings. The Kier molecular flexibility index (Phi) is 6.25. The summed E-state index contributed by atoms with van der Waals surface area (Å²) in [5.41, 5.74) is 10.6. The van der Waals surface area contributed by atoms with Crippen LogP contribution in [0.25, 0.3) is 0 Å². The first kappa shape index (κ1) is 13.5. The lowest BCUT2D eigenvalue weighted by molar-refractivity contribution is -0.839. The molecule has 0 aliphatic heterocycles. The Morgan fingerprint density at radius 3 is 2.73 bits per heavy atom. The predicted octanol–water partition coefficient (Wildman–Crippen LogP) is -2.08. The Morgan fingerprint density at radius 2 is 2.27 bits per heavy atom. The van der Waals surface area contributed by atoms with Gasteiger partial charge in [-0.3, -0.25) is 4.89 Å². The SMILES string of the molecule is CC(NCCN)C(N)C(=O)OO[N+](=O)[O-]. The average Bonchev–Trinajstić information content (AvgIpc) is 2.21. The summed E-state index contributed by atoms with van der Waals surface area (Å²) in [5, 5.41) is 11.3. The molecule has 9 nitrogen and oxygen atoms in total. The van der Waals surface area contributed by atoms with Gasteiger partial charge in [-0.05, 0) is 6.92 Å². The fourth-order valence-electron chi connectivity index (χ4n) is 0.765. The molecule has 5 N–H and O–H groups in total. The summed E-state index contributed by atoms with van der Waals surface area (Å²) in [6.07, 6.45) is 0. The Balaban J connectivity index is 3.90. The molecule has 0 radical (unpaired) electrons. The van der Waals surface area contributed by atoms with E-state index in [4.69, 9.17) is 11.5 Å². The van der Waals surface area contributed by atoms with Crippen LogP contribution in [0.2, 0.25) is 0 Å². The molecule has 0 aliphatic carbocycles. The molecule has 0 bridgehead atoms. The number of nitrogens with zero attached hydrogens (tertiary/aromatic N) is 1. The van der Waals surface area contributed by atoms with Gasteiger partial charge in [0.15, 0.2) is 0 Å². The van der Waals surface area contributed by atoms with Crippen LogP contribution >= 0.6 is 0 Å². The second-order valence-corrected chi connectivity index (χ2v) is 2.76. The van der Waals surface area contributed by atoms with E-state index in [2.05, 4.69) is 15.2 Å². The lowest BCUT2D eigenvalue weighted by Gasteiger charge is -2.17. The van der Waals surface area contributed by atoms with Crippen LogP contribution in [0.15, 0.2) is 0 Å². The molecule has 15 heavy (non-hydrogen) atoms. The topological polar surface area (TPSA) is 143 Å². The van der Waals surface area contributed by atoms with Crippen LogP contribution in [0.3, 0.4) is 0 Å². The normalized spacial score (nSPS) is 14.1. The maximum atomic E-state index is 11.0. The Bertz CT molecular complexity index is 224. The van der Waals surface area contributed by atoms with Gasteiger partial charge in [0.2, 0.25) is 0 Å². The first-order valence-corrected chi connectivity index (χ1v) is 4.21. The second-order valence-electron chi connectivity index (χ2n) is 2.76. The van der Waals surface area contributed by atoms with Crippen LogP contribution in [-0.4, -0.2) is 36.2 Å². The van der Waals surface area contributed by atoms with Crippen molar-refractivity contribution in [3.63, 3.8) is 0 Å². The Morgan fingerprint density at radius 1 is 1.67 bits per heavy atom. The van der Waals surface area contributed by atoms with Crippen LogP contribution in [0.4, 0.5) is 0 Å². The van der Waals surface area contributed by atoms with E-state index in [9.17, 15) is 14.9 Å². The molecule has 0 amide bonds. The van der Waals surface area contributed by atoms with E-state index < -0.39 is 23.1 Å².